The first kappa shape index (κ1) is 14.2. The standard InChI is InChI=1S/C11H19BrN4O/c1-3-4-5-16-11(17)10(12)9(7-14-16)15-8(2)6-13/h7-8,15H,3-6,13H2,1-2H3. The number of halogens is 1. The SMILES string of the molecule is CCCCn1ncc(NC(C)CN)c(Br)c1=O. The molecule has 0 aliphatic rings. The van der Waals surface area contributed by atoms with Gasteiger partial charge in [0.25, 0.3) is 5.56 Å². The molecule has 3 N–H and O–H groups in total. The Hall–Kier alpha value is -0.880. The van der Waals surface area contributed by atoms with Gasteiger partial charge in [-0.15, -0.1) is 0 Å². The number of nitrogens with zero attached hydrogens (tertiary/aromatic N) is 2. The molecule has 5 nitrogen and oxygen atoms in total. The molecule has 0 aromatic carbocycles. The van der Waals surface area contributed by atoms with Crippen molar-refractivity contribution in [3.63, 3.8) is 0 Å². The second kappa shape index (κ2) is 6.76. The van der Waals surface area contributed by atoms with Crippen LogP contribution in [0.1, 0.15) is 26.7 Å². The highest BCUT2D eigenvalue weighted by Crippen LogP contribution is 2.16. The van der Waals surface area contributed by atoms with Crippen molar-refractivity contribution in [3.05, 3.63) is 21.0 Å². The van der Waals surface area contributed by atoms with Crippen LogP contribution < -0.4 is 16.6 Å². The summed E-state index contributed by atoms with van der Waals surface area (Å²) in [5, 5.41) is 7.27. The van der Waals surface area contributed by atoms with Gasteiger partial charge < -0.3 is 11.1 Å². The van der Waals surface area contributed by atoms with Crippen LogP contribution >= 0.6 is 15.9 Å². The third-order valence-corrected chi connectivity index (χ3v) is 3.23. The van der Waals surface area contributed by atoms with Crippen LogP contribution in [-0.4, -0.2) is 22.4 Å². The number of rotatable bonds is 6. The predicted molar refractivity (Wildman–Crippen MR) is 73.2 cm³/mol. The molecule has 1 atom stereocenters. The number of nitrogens with one attached hydrogen (secondary N) is 1. The summed E-state index contributed by atoms with van der Waals surface area (Å²) >= 11 is 3.30. The van der Waals surface area contributed by atoms with E-state index in [1.54, 1.807) is 6.20 Å². The van der Waals surface area contributed by atoms with E-state index in [4.69, 9.17) is 5.73 Å². The Balaban J connectivity index is 2.90. The van der Waals surface area contributed by atoms with Gasteiger partial charge in [-0.05, 0) is 29.3 Å². The quantitative estimate of drug-likeness (QED) is 0.836. The highest BCUT2D eigenvalue weighted by Gasteiger charge is 2.09. The maximum atomic E-state index is 11.9. The Morgan fingerprint density at radius 2 is 2.35 bits per heavy atom. The average molecular weight is 303 g/mol. The molecule has 17 heavy (non-hydrogen) atoms. The maximum Gasteiger partial charge on any atom is 0.283 e. The van der Waals surface area contributed by atoms with Crippen molar-refractivity contribution in [2.24, 2.45) is 5.73 Å². The summed E-state index contributed by atoms with van der Waals surface area (Å²) in [7, 11) is 0. The Morgan fingerprint density at radius 3 is 2.94 bits per heavy atom. The van der Waals surface area contributed by atoms with Gasteiger partial charge in [0.1, 0.15) is 4.47 Å². The van der Waals surface area contributed by atoms with Crippen molar-refractivity contribution in [2.75, 3.05) is 11.9 Å². The van der Waals surface area contributed by atoms with Crippen molar-refractivity contribution < 1.29 is 0 Å². The van der Waals surface area contributed by atoms with Crippen molar-refractivity contribution >= 4 is 21.6 Å². The van der Waals surface area contributed by atoms with Crippen LogP contribution in [0, 0.1) is 0 Å². The number of aromatic nitrogens is 2. The summed E-state index contributed by atoms with van der Waals surface area (Å²) < 4.78 is 2.00. The largest absolute Gasteiger partial charge is 0.379 e. The minimum Gasteiger partial charge on any atom is -0.379 e. The lowest BCUT2D eigenvalue weighted by Crippen LogP contribution is -2.29. The number of aryl methyl sites for hydroxylation is 1. The predicted octanol–water partition coefficient (Wildman–Crippen LogP) is 1.57. The smallest absolute Gasteiger partial charge is 0.283 e. The van der Waals surface area contributed by atoms with E-state index in [-0.39, 0.29) is 11.6 Å². The Kier molecular flexibility index (Phi) is 5.64. The fraction of sp³-hybridized carbons (Fsp3) is 0.636. The molecule has 1 aromatic heterocycles. The van der Waals surface area contributed by atoms with Gasteiger partial charge in [-0.3, -0.25) is 4.79 Å². The molecule has 0 saturated carbocycles. The number of nitrogens with two attached hydrogens (primary N) is 1. The van der Waals surface area contributed by atoms with Crippen LogP contribution in [0.15, 0.2) is 15.5 Å². The van der Waals surface area contributed by atoms with E-state index in [1.807, 2.05) is 6.92 Å². The molecule has 0 spiro atoms. The zero-order valence-corrected chi connectivity index (χ0v) is 11.8. The molecular weight excluding hydrogens is 284 g/mol. The maximum absolute atomic E-state index is 11.9. The third kappa shape index (κ3) is 3.81. The monoisotopic (exact) mass is 302 g/mol. The number of unbranched alkanes of at least 4 members (excludes halogenated alkanes) is 1. The van der Waals surface area contributed by atoms with E-state index in [9.17, 15) is 4.79 Å². The van der Waals surface area contributed by atoms with E-state index in [1.165, 1.54) is 4.68 Å². The molecule has 1 heterocycles. The summed E-state index contributed by atoms with van der Waals surface area (Å²) in [6, 6.07) is 0.110. The van der Waals surface area contributed by atoms with Crippen molar-refractivity contribution in [2.45, 2.75) is 39.3 Å². The van der Waals surface area contributed by atoms with Crippen LogP contribution in [0.3, 0.4) is 0 Å². The van der Waals surface area contributed by atoms with Crippen LogP contribution in [0.4, 0.5) is 5.69 Å². The molecule has 96 valence electrons. The first-order valence-corrected chi connectivity index (χ1v) is 6.61. The van der Waals surface area contributed by atoms with Gasteiger partial charge in [-0.1, -0.05) is 13.3 Å². The number of hydrogen-bond donors (Lipinski definition) is 2. The molecule has 1 aromatic rings. The molecule has 0 saturated heterocycles. The van der Waals surface area contributed by atoms with Gasteiger partial charge in [0.15, 0.2) is 0 Å². The first-order chi connectivity index (χ1) is 8.10. The third-order valence-electron chi connectivity index (χ3n) is 2.46. The van der Waals surface area contributed by atoms with Crippen LogP contribution in [0.25, 0.3) is 0 Å². The molecular formula is C11H19BrN4O. The molecule has 0 fully saturated rings. The molecule has 1 unspecified atom stereocenters. The second-order valence-corrected chi connectivity index (χ2v) is 4.83. The Bertz CT molecular complexity index is 418. The lowest BCUT2D eigenvalue weighted by atomic mass is 10.3. The van der Waals surface area contributed by atoms with Crippen LogP contribution in [-0.2, 0) is 6.54 Å². The van der Waals surface area contributed by atoms with E-state index in [0.29, 0.717) is 23.2 Å². The zero-order chi connectivity index (χ0) is 12.8. The molecule has 6 heteroatoms. The first-order valence-electron chi connectivity index (χ1n) is 5.82. The molecule has 0 aliphatic heterocycles. The molecule has 1 rings (SSSR count). The summed E-state index contributed by atoms with van der Waals surface area (Å²) in [6.45, 7) is 5.19. The normalized spacial score (nSPS) is 12.5. The Labute approximate surface area is 110 Å². The zero-order valence-electron chi connectivity index (χ0n) is 10.2. The summed E-state index contributed by atoms with van der Waals surface area (Å²) in [5.74, 6) is 0. The number of anilines is 1. The lowest BCUT2D eigenvalue weighted by Gasteiger charge is -2.14. The molecule has 0 radical (unpaired) electrons. The number of hydrogen-bond acceptors (Lipinski definition) is 4. The molecule has 0 bridgehead atoms. The average Bonchev–Trinajstić information content (AvgIpc) is 2.34. The van der Waals surface area contributed by atoms with E-state index in [0.717, 1.165) is 12.8 Å². The summed E-state index contributed by atoms with van der Waals surface area (Å²) in [6.07, 6.45) is 3.65. The highest BCUT2D eigenvalue weighted by atomic mass is 79.9. The fourth-order valence-electron chi connectivity index (χ4n) is 1.36. The van der Waals surface area contributed by atoms with E-state index < -0.39 is 0 Å². The minimum absolute atomic E-state index is 0.104. The minimum atomic E-state index is -0.104. The van der Waals surface area contributed by atoms with Gasteiger partial charge >= 0.3 is 0 Å². The highest BCUT2D eigenvalue weighted by molar-refractivity contribution is 9.10. The van der Waals surface area contributed by atoms with Crippen LogP contribution in [0.2, 0.25) is 0 Å². The van der Waals surface area contributed by atoms with Gasteiger partial charge in [0, 0.05) is 19.1 Å². The van der Waals surface area contributed by atoms with Gasteiger partial charge in [0.05, 0.1) is 11.9 Å². The van der Waals surface area contributed by atoms with Crippen LogP contribution in [0.5, 0.6) is 0 Å². The topological polar surface area (TPSA) is 72.9 Å². The van der Waals surface area contributed by atoms with Gasteiger partial charge in [-0.2, -0.15) is 5.10 Å². The lowest BCUT2D eigenvalue weighted by molar-refractivity contribution is 0.541. The summed E-state index contributed by atoms with van der Waals surface area (Å²) in [5.41, 5.74) is 6.11. The summed E-state index contributed by atoms with van der Waals surface area (Å²) in [4.78, 5) is 11.9. The Morgan fingerprint density at radius 1 is 1.65 bits per heavy atom. The van der Waals surface area contributed by atoms with E-state index in [2.05, 4.69) is 33.3 Å². The fourth-order valence-corrected chi connectivity index (χ4v) is 1.78. The molecule has 0 aliphatic carbocycles. The van der Waals surface area contributed by atoms with Gasteiger partial charge in [0.2, 0.25) is 0 Å². The van der Waals surface area contributed by atoms with Crippen molar-refractivity contribution in [3.8, 4) is 0 Å². The molecule has 0 amide bonds. The van der Waals surface area contributed by atoms with E-state index >= 15 is 0 Å². The van der Waals surface area contributed by atoms with Gasteiger partial charge in [-0.25, -0.2) is 4.68 Å². The van der Waals surface area contributed by atoms with Crippen molar-refractivity contribution in [1.29, 1.82) is 0 Å². The van der Waals surface area contributed by atoms with Crippen molar-refractivity contribution in [1.82, 2.24) is 9.78 Å². The second-order valence-electron chi connectivity index (χ2n) is 4.04.